The van der Waals surface area contributed by atoms with Gasteiger partial charge in [0.25, 0.3) is 0 Å². The molecule has 0 saturated carbocycles. The number of fused-ring (bicyclic) bond motifs is 1. The van der Waals surface area contributed by atoms with Crippen molar-refractivity contribution in [2.24, 2.45) is 4.40 Å². The Hall–Kier alpha value is -1.07. The summed E-state index contributed by atoms with van der Waals surface area (Å²) in [6.07, 6.45) is 1.26. The van der Waals surface area contributed by atoms with Crippen LogP contribution in [0.4, 0.5) is 0 Å². The van der Waals surface area contributed by atoms with Crippen LogP contribution >= 0.6 is 11.6 Å². The van der Waals surface area contributed by atoms with Crippen molar-refractivity contribution in [3.63, 3.8) is 0 Å². The summed E-state index contributed by atoms with van der Waals surface area (Å²) in [5.41, 5.74) is 1.50. The molecule has 4 nitrogen and oxygen atoms in total. The van der Waals surface area contributed by atoms with Gasteiger partial charge >= 0.3 is 10.3 Å². The van der Waals surface area contributed by atoms with E-state index in [0.717, 1.165) is 5.56 Å². The van der Waals surface area contributed by atoms with Crippen LogP contribution in [0.3, 0.4) is 0 Å². The first kappa shape index (κ1) is 12.4. The van der Waals surface area contributed by atoms with Gasteiger partial charge in [-0.25, -0.2) is 0 Å². The van der Waals surface area contributed by atoms with Gasteiger partial charge < -0.3 is 4.18 Å². The Balaban J connectivity index is 2.62. The molecule has 0 aromatic heterocycles. The SMILES string of the molecule is CC(C)(C)c1cc(Cl)c2c(c1)C=NS(=O)(=O)O2. The molecule has 0 radical (unpaired) electrons. The van der Waals surface area contributed by atoms with E-state index in [4.69, 9.17) is 15.8 Å². The molecule has 1 aromatic carbocycles. The van der Waals surface area contributed by atoms with Gasteiger partial charge in [-0.1, -0.05) is 32.4 Å². The molecular weight excluding hydrogens is 262 g/mol. The van der Waals surface area contributed by atoms with E-state index in [2.05, 4.69) is 4.40 Å². The maximum absolute atomic E-state index is 11.2. The largest absolute Gasteiger partial charge is 0.428 e. The molecule has 1 aliphatic heterocycles. The van der Waals surface area contributed by atoms with E-state index in [-0.39, 0.29) is 16.2 Å². The first-order chi connectivity index (χ1) is 7.69. The molecule has 0 amide bonds. The minimum absolute atomic E-state index is 0.0805. The van der Waals surface area contributed by atoms with E-state index in [1.54, 1.807) is 6.07 Å². The summed E-state index contributed by atoms with van der Waals surface area (Å²) >= 11 is 6.03. The molecule has 0 N–H and O–H groups in total. The van der Waals surface area contributed by atoms with Crippen LogP contribution in [0, 0.1) is 0 Å². The summed E-state index contributed by atoms with van der Waals surface area (Å²) in [7, 11) is -3.88. The minimum Gasteiger partial charge on any atom is -0.363 e. The van der Waals surface area contributed by atoms with Gasteiger partial charge in [-0.15, -0.1) is 4.40 Å². The zero-order valence-corrected chi connectivity index (χ0v) is 11.3. The van der Waals surface area contributed by atoms with Crippen LogP contribution in [-0.4, -0.2) is 14.6 Å². The highest BCUT2D eigenvalue weighted by Gasteiger charge is 2.24. The van der Waals surface area contributed by atoms with Gasteiger partial charge in [-0.3, -0.25) is 0 Å². The third kappa shape index (κ3) is 2.45. The van der Waals surface area contributed by atoms with Crippen molar-refractivity contribution in [2.75, 3.05) is 0 Å². The molecule has 6 heteroatoms. The second-order valence-electron chi connectivity index (χ2n) is 4.87. The average molecular weight is 274 g/mol. The Kier molecular flexibility index (Phi) is 2.71. The van der Waals surface area contributed by atoms with E-state index in [1.807, 2.05) is 26.8 Å². The van der Waals surface area contributed by atoms with E-state index in [9.17, 15) is 8.42 Å². The second-order valence-corrected chi connectivity index (χ2v) is 6.51. The quantitative estimate of drug-likeness (QED) is 0.730. The molecule has 92 valence electrons. The molecule has 0 bridgehead atoms. The van der Waals surface area contributed by atoms with Gasteiger partial charge in [0.2, 0.25) is 0 Å². The molecule has 0 atom stereocenters. The lowest BCUT2D eigenvalue weighted by molar-refractivity contribution is 0.485. The summed E-state index contributed by atoms with van der Waals surface area (Å²) in [5, 5.41) is 0.280. The van der Waals surface area contributed by atoms with Crippen molar-refractivity contribution >= 4 is 28.1 Å². The van der Waals surface area contributed by atoms with Crippen molar-refractivity contribution in [3.8, 4) is 5.75 Å². The van der Waals surface area contributed by atoms with Crippen LogP contribution in [0.2, 0.25) is 5.02 Å². The van der Waals surface area contributed by atoms with Crippen molar-refractivity contribution in [1.82, 2.24) is 0 Å². The molecule has 0 unspecified atom stereocenters. The fourth-order valence-electron chi connectivity index (χ4n) is 1.48. The van der Waals surface area contributed by atoms with Crippen LogP contribution in [-0.2, 0) is 15.7 Å². The Labute approximate surface area is 106 Å². The topological polar surface area (TPSA) is 55.7 Å². The lowest BCUT2D eigenvalue weighted by Crippen LogP contribution is -2.16. The van der Waals surface area contributed by atoms with Gasteiger partial charge in [0.1, 0.15) is 0 Å². The molecule has 0 aliphatic carbocycles. The smallest absolute Gasteiger partial charge is 0.363 e. The Morgan fingerprint density at radius 3 is 2.53 bits per heavy atom. The van der Waals surface area contributed by atoms with E-state index < -0.39 is 10.3 Å². The Morgan fingerprint density at radius 1 is 1.29 bits per heavy atom. The van der Waals surface area contributed by atoms with Gasteiger partial charge in [0.15, 0.2) is 5.75 Å². The minimum atomic E-state index is -3.88. The standard InChI is InChI=1S/C11H12ClNO3S/c1-11(2,3)8-4-7-6-13-17(14,15)16-10(7)9(12)5-8/h4-6H,1-3H3. The third-order valence-electron chi connectivity index (χ3n) is 2.45. The maximum atomic E-state index is 11.2. The Morgan fingerprint density at radius 2 is 1.94 bits per heavy atom. The zero-order chi connectivity index (χ0) is 12.8. The normalized spacial score (nSPS) is 17.4. The maximum Gasteiger partial charge on any atom is 0.428 e. The summed E-state index contributed by atoms with van der Waals surface area (Å²) < 4.78 is 30.4. The summed E-state index contributed by atoms with van der Waals surface area (Å²) in [6, 6.07) is 3.55. The van der Waals surface area contributed by atoms with Crippen molar-refractivity contribution < 1.29 is 12.6 Å². The van der Waals surface area contributed by atoms with E-state index >= 15 is 0 Å². The first-order valence-corrected chi connectivity index (χ1v) is 6.77. The van der Waals surface area contributed by atoms with Crippen LogP contribution in [0.1, 0.15) is 31.9 Å². The molecule has 1 heterocycles. The number of rotatable bonds is 0. The van der Waals surface area contributed by atoms with Crippen molar-refractivity contribution in [1.29, 1.82) is 0 Å². The highest BCUT2D eigenvalue weighted by Crippen LogP contribution is 2.36. The highest BCUT2D eigenvalue weighted by molar-refractivity contribution is 7.86. The third-order valence-corrected chi connectivity index (χ3v) is 3.47. The lowest BCUT2D eigenvalue weighted by Gasteiger charge is -2.22. The second kappa shape index (κ2) is 3.71. The van der Waals surface area contributed by atoms with Crippen LogP contribution in [0.15, 0.2) is 16.5 Å². The predicted octanol–water partition coefficient (Wildman–Crippen LogP) is 2.69. The first-order valence-electron chi connectivity index (χ1n) is 5.03. The van der Waals surface area contributed by atoms with E-state index in [0.29, 0.717) is 5.56 Å². The molecule has 0 saturated heterocycles. The zero-order valence-electron chi connectivity index (χ0n) is 9.69. The number of benzene rings is 1. The van der Waals surface area contributed by atoms with E-state index in [1.165, 1.54) is 6.21 Å². The molecule has 1 aliphatic rings. The molecule has 1 aromatic rings. The Bertz CT molecular complexity index is 600. The van der Waals surface area contributed by atoms with Crippen LogP contribution in [0.5, 0.6) is 5.75 Å². The number of hydrogen-bond donors (Lipinski definition) is 0. The summed E-state index contributed by atoms with van der Waals surface area (Å²) in [6.45, 7) is 6.13. The van der Waals surface area contributed by atoms with Gasteiger partial charge in [-0.05, 0) is 23.1 Å². The monoisotopic (exact) mass is 273 g/mol. The average Bonchev–Trinajstić information content (AvgIpc) is 2.16. The number of hydrogen-bond acceptors (Lipinski definition) is 3. The van der Waals surface area contributed by atoms with Crippen LogP contribution < -0.4 is 4.18 Å². The van der Waals surface area contributed by atoms with Gasteiger partial charge in [0.05, 0.1) is 11.2 Å². The van der Waals surface area contributed by atoms with Crippen LogP contribution in [0.25, 0.3) is 0 Å². The number of halogens is 1. The molecule has 0 spiro atoms. The number of nitrogens with zero attached hydrogens (tertiary/aromatic N) is 1. The predicted molar refractivity (Wildman–Crippen MR) is 67.3 cm³/mol. The fourth-order valence-corrected chi connectivity index (χ4v) is 2.47. The van der Waals surface area contributed by atoms with Crippen molar-refractivity contribution in [2.45, 2.75) is 26.2 Å². The molecular formula is C11H12ClNO3S. The molecule has 2 rings (SSSR count). The molecule has 17 heavy (non-hydrogen) atoms. The summed E-state index contributed by atoms with van der Waals surface area (Å²) in [4.78, 5) is 0. The van der Waals surface area contributed by atoms with Gasteiger partial charge in [-0.2, -0.15) is 8.42 Å². The van der Waals surface area contributed by atoms with Crippen molar-refractivity contribution in [3.05, 3.63) is 28.3 Å². The molecule has 0 fully saturated rings. The van der Waals surface area contributed by atoms with Gasteiger partial charge in [0, 0.05) is 5.56 Å². The highest BCUT2D eigenvalue weighted by atomic mass is 35.5. The fraction of sp³-hybridized carbons (Fsp3) is 0.364. The summed E-state index contributed by atoms with van der Waals surface area (Å²) in [5.74, 6) is 0.148. The lowest BCUT2D eigenvalue weighted by atomic mass is 9.86.